The molecule has 1 rings (SSSR count). The monoisotopic (exact) mass is 225 g/mol. The van der Waals surface area contributed by atoms with E-state index in [9.17, 15) is 0 Å². The summed E-state index contributed by atoms with van der Waals surface area (Å²) >= 11 is 0. The third-order valence-electron chi connectivity index (χ3n) is 3.26. The number of piperazine rings is 1. The summed E-state index contributed by atoms with van der Waals surface area (Å²) in [5.74, 6) is 0.351. The van der Waals surface area contributed by atoms with Crippen molar-refractivity contribution in [3.05, 3.63) is 0 Å². The summed E-state index contributed by atoms with van der Waals surface area (Å²) < 4.78 is 0. The molecule has 1 N–H and O–H groups in total. The van der Waals surface area contributed by atoms with Crippen molar-refractivity contribution in [1.29, 1.82) is 5.26 Å². The van der Waals surface area contributed by atoms with Gasteiger partial charge in [-0.3, -0.25) is 4.90 Å². The van der Waals surface area contributed by atoms with Crippen LogP contribution in [0.5, 0.6) is 0 Å². The normalized spacial score (nSPS) is 22.6. The van der Waals surface area contributed by atoms with E-state index in [-0.39, 0.29) is 12.6 Å². The number of rotatable bonds is 5. The van der Waals surface area contributed by atoms with Gasteiger partial charge in [0.1, 0.15) is 0 Å². The third kappa shape index (κ3) is 3.75. The molecule has 0 radical (unpaired) electrons. The summed E-state index contributed by atoms with van der Waals surface area (Å²) in [6, 6.07) is 2.44. The number of nitrogens with zero attached hydrogens (tertiary/aromatic N) is 3. The van der Waals surface area contributed by atoms with Crippen molar-refractivity contribution in [3.8, 4) is 6.07 Å². The van der Waals surface area contributed by atoms with Gasteiger partial charge in [-0.25, -0.2) is 0 Å². The van der Waals surface area contributed by atoms with Gasteiger partial charge < -0.3 is 10.0 Å². The van der Waals surface area contributed by atoms with Crippen molar-refractivity contribution in [1.82, 2.24) is 9.80 Å². The highest BCUT2D eigenvalue weighted by Gasteiger charge is 2.22. The smallest absolute Gasteiger partial charge is 0.0976 e. The molecule has 0 bridgehead atoms. The van der Waals surface area contributed by atoms with Crippen molar-refractivity contribution >= 4 is 0 Å². The van der Waals surface area contributed by atoms with Gasteiger partial charge in [0.15, 0.2) is 0 Å². The van der Waals surface area contributed by atoms with Crippen molar-refractivity contribution in [2.75, 3.05) is 39.3 Å². The lowest BCUT2D eigenvalue weighted by molar-refractivity contribution is 0.0912. The Morgan fingerprint density at radius 3 is 2.38 bits per heavy atom. The minimum Gasteiger partial charge on any atom is -0.396 e. The maximum Gasteiger partial charge on any atom is 0.0976 e. The zero-order chi connectivity index (χ0) is 12.0. The molecular formula is C12H23N3O. The molecule has 92 valence electrons. The van der Waals surface area contributed by atoms with E-state index >= 15 is 0 Å². The average Bonchev–Trinajstić information content (AvgIpc) is 2.32. The fraction of sp³-hybridized carbons (Fsp3) is 0.917. The summed E-state index contributed by atoms with van der Waals surface area (Å²) in [7, 11) is 0. The first-order valence-corrected chi connectivity index (χ1v) is 6.18. The predicted octanol–water partition coefficient (Wildman–Crippen LogP) is 0.535. The van der Waals surface area contributed by atoms with Crippen LogP contribution < -0.4 is 0 Å². The molecule has 0 aliphatic carbocycles. The zero-order valence-electron chi connectivity index (χ0n) is 10.4. The van der Waals surface area contributed by atoms with E-state index < -0.39 is 0 Å². The molecule has 1 heterocycles. The number of nitriles is 1. The molecule has 1 fully saturated rings. The Balaban J connectivity index is 2.31. The number of aliphatic hydroxyl groups is 1. The van der Waals surface area contributed by atoms with Crippen LogP contribution in [0.1, 0.15) is 20.3 Å². The molecule has 4 nitrogen and oxygen atoms in total. The van der Waals surface area contributed by atoms with E-state index in [1.807, 2.05) is 0 Å². The Bertz CT molecular complexity index is 231. The second-order valence-corrected chi connectivity index (χ2v) is 4.68. The summed E-state index contributed by atoms with van der Waals surface area (Å²) in [4.78, 5) is 4.64. The lowest BCUT2D eigenvalue weighted by Crippen LogP contribution is -2.50. The SMILES string of the molecule is CCC(C#N)N1CCN(CC(C)CO)CC1. The standard InChI is InChI=1S/C12H23N3O/c1-3-12(8-13)15-6-4-14(5-7-15)9-11(2)10-16/h11-12,16H,3-7,9-10H2,1-2H3. The Morgan fingerprint density at radius 1 is 1.31 bits per heavy atom. The van der Waals surface area contributed by atoms with Gasteiger partial charge in [-0.1, -0.05) is 13.8 Å². The van der Waals surface area contributed by atoms with Gasteiger partial charge in [-0.05, 0) is 12.3 Å². The Hall–Kier alpha value is -0.630. The van der Waals surface area contributed by atoms with Crippen LogP contribution >= 0.6 is 0 Å². The van der Waals surface area contributed by atoms with Gasteiger partial charge in [0, 0.05) is 39.3 Å². The van der Waals surface area contributed by atoms with Crippen molar-refractivity contribution in [3.63, 3.8) is 0 Å². The van der Waals surface area contributed by atoms with Crippen molar-refractivity contribution in [2.24, 2.45) is 5.92 Å². The molecule has 2 unspecified atom stereocenters. The molecule has 0 saturated carbocycles. The van der Waals surface area contributed by atoms with Crippen LogP contribution in [0.15, 0.2) is 0 Å². The summed E-state index contributed by atoms with van der Waals surface area (Å²) in [5.41, 5.74) is 0. The minimum atomic E-state index is 0.0809. The summed E-state index contributed by atoms with van der Waals surface area (Å²) in [5, 5.41) is 18.0. The number of hydrogen-bond acceptors (Lipinski definition) is 4. The first-order chi connectivity index (χ1) is 7.71. The lowest BCUT2D eigenvalue weighted by Gasteiger charge is -2.37. The molecule has 0 aromatic rings. The Kier molecular flexibility index (Phi) is 5.75. The molecule has 0 amide bonds. The van der Waals surface area contributed by atoms with Gasteiger partial charge in [0.25, 0.3) is 0 Å². The van der Waals surface area contributed by atoms with Gasteiger partial charge in [0.05, 0.1) is 12.1 Å². The number of hydrogen-bond donors (Lipinski definition) is 1. The highest BCUT2D eigenvalue weighted by Crippen LogP contribution is 2.10. The molecule has 1 saturated heterocycles. The van der Waals surface area contributed by atoms with Gasteiger partial charge in [-0.2, -0.15) is 5.26 Å². The van der Waals surface area contributed by atoms with E-state index in [1.54, 1.807) is 0 Å². The molecule has 1 aliphatic heterocycles. The largest absolute Gasteiger partial charge is 0.396 e. The molecular weight excluding hydrogens is 202 g/mol. The molecule has 1 aliphatic rings. The van der Waals surface area contributed by atoms with Crippen molar-refractivity contribution in [2.45, 2.75) is 26.3 Å². The molecule has 0 spiro atoms. The first kappa shape index (κ1) is 13.4. The van der Waals surface area contributed by atoms with Gasteiger partial charge in [-0.15, -0.1) is 0 Å². The van der Waals surface area contributed by atoms with E-state index in [4.69, 9.17) is 10.4 Å². The van der Waals surface area contributed by atoms with Crippen molar-refractivity contribution < 1.29 is 5.11 Å². The molecule has 2 atom stereocenters. The van der Waals surface area contributed by atoms with E-state index in [1.165, 1.54) is 0 Å². The van der Waals surface area contributed by atoms with E-state index in [0.29, 0.717) is 5.92 Å². The maximum absolute atomic E-state index is 9.00. The predicted molar refractivity (Wildman–Crippen MR) is 64.0 cm³/mol. The van der Waals surface area contributed by atoms with Gasteiger partial charge in [0.2, 0.25) is 0 Å². The van der Waals surface area contributed by atoms with Crippen LogP contribution in [0.2, 0.25) is 0 Å². The highest BCUT2D eigenvalue weighted by atomic mass is 16.3. The van der Waals surface area contributed by atoms with Crippen LogP contribution in [0.25, 0.3) is 0 Å². The Labute approximate surface area is 98.5 Å². The molecule has 16 heavy (non-hydrogen) atoms. The Morgan fingerprint density at radius 2 is 1.94 bits per heavy atom. The topological polar surface area (TPSA) is 50.5 Å². The number of aliphatic hydroxyl groups excluding tert-OH is 1. The molecule has 0 aromatic heterocycles. The molecule has 4 heteroatoms. The maximum atomic E-state index is 9.00. The fourth-order valence-corrected chi connectivity index (χ4v) is 2.19. The summed E-state index contributed by atoms with van der Waals surface area (Å²) in [6.45, 7) is 9.34. The van der Waals surface area contributed by atoms with E-state index in [0.717, 1.165) is 39.1 Å². The minimum absolute atomic E-state index is 0.0809. The second-order valence-electron chi connectivity index (χ2n) is 4.68. The quantitative estimate of drug-likeness (QED) is 0.742. The van der Waals surface area contributed by atoms with Crippen LogP contribution in [-0.2, 0) is 0 Å². The van der Waals surface area contributed by atoms with Crippen LogP contribution in [0, 0.1) is 17.2 Å². The lowest BCUT2D eigenvalue weighted by atomic mass is 10.1. The zero-order valence-corrected chi connectivity index (χ0v) is 10.4. The first-order valence-electron chi connectivity index (χ1n) is 6.18. The van der Waals surface area contributed by atoms with Crippen LogP contribution in [-0.4, -0.2) is 60.3 Å². The third-order valence-corrected chi connectivity index (χ3v) is 3.26. The summed E-state index contributed by atoms with van der Waals surface area (Å²) in [6.07, 6.45) is 0.906. The fourth-order valence-electron chi connectivity index (χ4n) is 2.19. The van der Waals surface area contributed by atoms with Crippen LogP contribution in [0.3, 0.4) is 0 Å². The molecule has 0 aromatic carbocycles. The average molecular weight is 225 g/mol. The second kappa shape index (κ2) is 6.85. The van der Waals surface area contributed by atoms with E-state index in [2.05, 4.69) is 29.7 Å². The van der Waals surface area contributed by atoms with Gasteiger partial charge >= 0.3 is 0 Å². The highest BCUT2D eigenvalue weighted by molar-refractivity contribution is 4.92. The van der Waals surface area contributed by atoms with Crippen LogP contribution in [0.4, 0.5) is 0 Å².